The van der Waals surface area contributed by atoms with Gasteiger partial charge in [0.15, 0.2) is 0 Å². The van der Waals surface area contributed by atoms with E-state index in [0.717, 1.165) is 17.7 Å². The average Bonchev–Trinajstić information content (AvgIpc) is 2.95. The molecule has 1 aromatic carbocycles. The van der Waals surface area contributed by atoms with E-state index in [9.17, 15) is 9.90 Å². The van der Waals surface area contributed by atoms with Gasteiger partial charge in [-0.05, 0) is 30.2 Å². The number of aryl methyl sites for hydroxylation is 1. The number of carbonyl (C=O) groups is 1. The molecule has 5 nitrogen and oxygen atoms in total. The Bertz CT molecular complexity index is 709. The molecule has 0 amide bonds. The molecule has 22 heavy (non-hydrogen) atoms. The van der Waals surface area contributed by atoms with Gasteiger partial charge in [0.2, 0.25) is 0 Å². The number of benzene rings is 1. The minimum absolute atomic E-state index is 0.0438. The van der Waals surface area contributed by atoms with Crippen LogP contribution in [0, 0.1) is 0 Å². The van der Waals surface area contributed by atoms with Crippen molar-refractivity contribution in [3.8, 4) is 11.1 Å². The zero-order valence-corrected chi connectivity index (χ0v) is 12.9. The van der Waals surface area contributed by atoms with Gasteiger partial charge in [-0.15, -0.1) is 0 Å². The van der Waals surface area contributed by atoms with Crippen molar-refractivity contribution in [1.82, 2.24) is 9.78 Å². The Labute approximate surface area is 133 Å². The monoisotopic (exact) mass is 320 g/mol. The van der Waals surface area contributed by atoms with Crippen molar-refractivity contribution in [3.63, 3.8) is 0 Å². The maximum atomic E-state index is 10.9. The maximum absolute atomic E-state index is 10.9. The molecule has 0 bridgehead atoms. The number of hydrogen-bond donors (Lipinski definition) is 2. The predicted molar refractivity (Wildman–Crippen MR) is 84.7 cm³/mol. The summed E-state index contributed by atoms with van der Waals surface area (Å²) in [7, 11) is 0. The van der Waals surface area contributed by atoms with Crippen LogP contribution in [0.1, 0.15) is 25.0 Å². The van der Waals surface area contributed by atoms with Crippen molar-refractivity contribution in [1.29, 1.82) is 0 Å². The first kappa shape index (κ1) is 16.3. The zero-order valence-electron chi connectivity index (χ0n) is 12.2. The van der Waals surface area contributed by atoms with Crippen molar-refractivity contribution in [2.24, 2.45) is 0 Å². The summed E-state index contributed by atoms with van der Waals surface area (Å²) < 4.78 is 1.77. The van der Waals surface area contributed by atoms with Gasteiger partial charge >= 0.3 is 5.97 Å². The Hall–Kier alpha value is -2.11. The Morgan fingerprint density at radius 2 is 2.23 bits per heavy atom. The molecular formula is C16H17ClN2O3. The first-order valence-corrected chi connectivity index (χ1v) is 7.21. The molecular weight excluding hydrogens is 304 g/mol. The van der Waals surface area contributed by atoms with E-state index in [1.165, 1.54) is 0 Å². The summed E-state index contributed by atoms with van der Waals surface area (Å²) in [5.74, 6) is -1.12. The minimum Gasteiger partial charge on any atom is -0.478 e. The van der Waals surface area contributed by atoms with Gasteiger partial charge in [-0.2, -0.15) is 5.10 Å². The molecule has 0 aliphatic rings. The number of carboxylic acids is 1. The molecule has 0 saturated heterocycles. The fourth-order valence-corrected chi connectivity index (χ4v) is 2.35. The molecule has 1 atom stereocenters. The highest BCUT2D eigenvalue weighted by Crippen LogP contribution is 2.33. The first-order chi connectivity index (χ1) is 10.4. The topological polar surface area (TPSA) is 75.4 Å². The summed E-state index contributed by atoms with van der Waals surface area (Å²) in [5.41, 5.74) is 2.11. The quantitative estimate of drug-likeness (QED) is 0.801. The van der Waals surface area contributed by atoms with Crippen molar-refractivity contribution < 1.29 is 15.0 Å². The lowest BCUT2D eigenvalue weighted by atomic mass is 9.95. The molecule has 0 spiro atoms. The molecule has 6 heteroatoms. The SMILES string of the molecule is C=C(CC(O)c1ccc(Cl)cc1-c1cnn(CC)c1)C(=O)O. The van der Waals surface area contributed by atoms with Crippen LogP contribution in [0.15, 0.2) is 42.7 Å². The van der Waals surface area contributed by atoms with E-state index in [-0.39, 0.29) is 12.0 Å². The second-order valence-corrected chi connectivity index (χ2v) is 5.38. The van der Waals surface area contributed by atoms with Crippen molar-refractivity contribution in [2.75, 3.05) is 0 Å². The normalized spacial score (nSPS) is 12.1. The number of aromatic nitrogens is 2. The van der Waals surface area contributed by atoms with Crippen molar-refractivity contribution in [3.05, 3.63) is 53.3 Å². The highest BCUT2D eigenvalue weighted by atomic mass is 35.5. The molecule has 2 aromatic rings. The summed E-state index contributed by atoms with van der Waals surface area (Å²) in [6.45, 7) is 6.16. The van der Waals surface area contributed by atoms with Gasteiger partial charge in [-0.1, -0.05) is 24.2 Å². The average molecular weight is 321 g/mol. The van der Waals surface area contributed by atoms with Crippen LogP contribution in [-0.2, 0) is 11.3 Å². The van der Waals surface area contributed by atoms with Gasteiger partial charge in [-0.3, -0.25) is 4.68 Å². The summed E-state index contributed by atoms with van der Waals surface area (Å²) >= 11 is 6.05. The summed E-state index contributed by atoms with van der Waals surface area (Å²) in [6.07, 6.45) is 2.53. The van der Waals surface area contributed by atoms with Crippen LogP contribution in [0.2, 0.25) is 5.02 Å². The Balaban J connectivity index is 2.39. The van der Waals surface area contributed by atoms with Gasteiger partial charge in [-0.25, -0.2) is 4.79 Å². The summed E-state index contributed by atoms with van der Waals surface area (Å²) in [5, 5.41) is 24.0. The maximum Gasteiger partial charge on any atom is 0.331 e. The van der Waals surface area contributed by atoms with E-state index in [2.05, 4.69) is 11.7 Å². The molecule has 2 N–H and O–H groups in total. The molecule has 0 fully saturated rings. The highest BCUT2D eigenvalue weighted by Gasteiger charge is 2.18. The number of hydrogen-bond acceptors (Lipinski definition) is 3. The number of halogens is 1. The third-order valence-corrected chi connectivity index (χ3v) is 3.62. The van der Waals surface area contributed by atoms with Crippen LogP contribution in [0.25, 0.3) is 11.1 Å². The fourth-order valence-electron chi connectivity index (χ4n) is 2.18. The van der Waals surface area contributed by atoms with E-state index < -0.39 is 12.1 Å². The lowest BCUT2D eigenvalue weighted by molar-refractivity contribution is -0.133. The van der Waals surface area contributed by atoms with E-state index in [0.29, 0.717) is 10.6 Å². The minimum atomic E-state index is -1.12. The lowest BCUT2D eigenvalue weighted by Crippen LogP contribution is -2.06. The molecule has 1 aromatic heterocycles. The number of aliphatic hydroxyl groups excluding tert-OH is 1. The van der Waals surface area contributed by atoms with Crippen molar-refractivity contribution >= 4 is 17.6 Å². The fraction of sp³-hybridized carbons (Fsp3) is 0.250. The number of aliphatic carboxylic acids is 1. The van der Waals surface area contributed by atoms with Gasteiger partial charge in [0.05, 0.1) is 12.3 Å². The van der Waals surface area contributed by atoms with Gasteiger partial charge in [0.1, 0.15) is 0 Å². The van der Waals surface area contributed by atoms with Crippen LogP contribution in [0.4, 0.5) is 0 Å². The Morgan fingerprint density at radius 1 is 1.50 bits per heavy atom. The van der Waals surface area contributed by atoms with Crippen LogP contribution in [0.5, 0.6) is 0 Å². The molecule has 0 aliphatic heterocycles. The standard InChI is InChI=1S/C16H17ClN2O3/c1-3-19-9-11(8-18-19)14-7-12(17)4-5-13(14)15(20)6-10(2)16(21)22/h4-5,7-9,15,20H,2-3,6H2,1H3,(H,21,22). The Kier molecular flexibility index (Phi) is 5.00. The molecule has 116 valence electrons. The molecule has 1 heterocycles. The second-order valence-electron chi connectivity index (χ2n) is 4.94. The van der Waals surface area contributed by atoms with Gasteiger partial charge in [0.25, 0.3) is 0 Å². The molecule has 1 unspecified atom stereocenters. The van der Waals surface area contributed by atoms with Gasteiger partial charge < -0.3 is 10.2 Å². The third kappa shape index (κ3) is 3.55. The largest absolute Gasteiger partial charge is 0.478 e. The van der Waals surface area contributed by atoms with E-state index in [1.54, 1.807) is 29.1 Å². The number of rotatable bonds is 6. The number of aliphatic hydroxyl groups is 1. The van der Waals surface area contributed by atoms with E-state index in [1.807, 2.05) is 13.1 Å². The van der Waals surface area contributed by atoms with E-state index in [4.69, 9.17) is 16.7 Å². The van der Waals surface area contributed by atoms with Crippen LogP contribution < -0.4 is 0 Å². The Morgan fingerprint density at radius 3 is 2.82 bits per heavy atom. The van der Waals surface area contributed by atoms with Crippen LogP contribution in [-0.4, -0.2) is 26.0 Å². The molecule has 2 rings (SSSR count). The first-order valence-electron chi connectivity index (χ1n) is 6.83. The predicted octanol–water partition coefficient (Wildman–Crippen LogP) is 3.29. The molecule has 0 radical (unpaired) electrons. The van der Waals surface area contributed by atoms with Crippen molar-refractivity contribution in [2.45, 2.75) is 26.0 Å². The number of nitrogens with zero attached hydrogens (tertiary/aromatic N) is 2. The zero-order chi connectivity index (χ0) is 16.3. The summed E-state index contributed by atoms with van der Waals surface area (Å²) in [4.78, 5) is 10.9. The number of carboxylic acid groups (broad SMARTS) is 1. The second kappa shape index (κ2) is 6.77. The molecule has 0 aliphatic carbocycles. The third-order valence-electron chi connectivity index (χ3n) is 3.38. The van der Waals surface area contributed by atoms with Crippen LogP contribution >= 0.6 is 11.6 Å². The lowest BCUT2D eigenvalue weighted by Gasteiger charge is -2.15. The summed E-state index contributed by atoms with van der Waals surface area (Å²) in [6, 6.07) is 5.10. The smallest absolute Gasteiger partial charge is 0.331 e. The van der Waals surface area contributed by atoms with Crippen LogP contribution in [0.3, 0.4) is 0 Å². The van der Waals surface area contributed by atoms with E-state index >= 15 is 0 Å². The molecule has 0 saturated carbocycles. The van der Waals surface area contributed by atoms with Gasteiger partial charge in [0, 0.05) is 35.3 Å². The highest BCUT2D eigenvalue weighted by molar-refractivity contribution is 6.30.